The summed E-state index contributed by atoms with van der Waals surface area (Å²) >= 11 is 5.90. The largest absolute Gasteiger partial charge is 0.334 e. The standard InChI is InChI=1S/C12H20ClN3O2S/c1-3-15-9-12(14-10(15)2)19(17,18)16-7-5-4-6-11(16)8-13/h9,11H,3-8H2,1-2H3. The number of halogens is 1. The van der Waals surface area contributed by atoms with Crippen LogP contribution in [0.4, 0.5) is 0 Å². The summed E-state index contributed by atoms with van der Waals surface area (Å²) in [6.45, 7) is 5.04. The second-order valence-corrected chi connectivity index (χ2v) is 6.98. The van der Waals surface area contributed by atoms with Crippen LogP contribution < -0.4 is 0 Å². The average Bonchev–Trinajstić information content (AvgIpc) is 2.80. The zero-order chi connectivity index (χ0) is 14.0. The zero-order valence-electron chi connectivity index (χ0n) is 11.3. The van der Waals surface area contributed by atoms with Gasteiger partial charge in [0.2, 0.25) is 0 Å². The normalized spacial score (nSPS) is 21.7. The van der Waals surface area contributed by atoms with Crippen molar-refractivity contribution in [1.29, 1.82) is 0 Å². The monoisotopic (exact) mass is 305 g/mol. The minimum absolute atomic E-state index is 0.104. The fraction of sp³-hybridized carbons (Fsp3) is 0.750. The smallest absolute Gasteiger partial charge is 0.262 e. The second-order valence-electron chi connectivity index (χ2n) is 4.83. The number of sulfonamides is 1. The third kappa shape index (κ3) is 2.80. The molecule has 0 aromatic carbocycles. The Morgan fingerprint density at radius 1 is 1.47 bits per heavy atom. The van der Waals surface area contributed by atoms with Gasteiger partial charge in [0.05, 0.1) is 0 Å². The maximum absolute atomic E-state index is 12.6. The van der Waals surface area contributed by atoms with E-state index in [0.29, 0.717) is 19.0 Å². The third-order valence-corrected chi connectivity index (χ3v) is 5.80. The van der Waals surface area contributed by atoms with Crippen molar-refractivity contribution in [2.75, 3.05) is 12.4 Å². The van der Waals surface area contributed by atoms with E-state index in [-0.39, 0.29) is 11.1 Å². The van der Waals surface area contributed by atoms with Gasteiger partial charge in [0.25, 0.3) is 10.0 Å². The van der Waals surface area contributed by atoms with Gasteiger partial charge in [-0.15, -0.1) is 11.6 Å². The van der Waals surface area contributed by atoms with Crippen LogP contribution in [-0.4, -0.2) is 40.7 Å². The Hall–Kier alpha value is -0.590. The van der Waals surface area contributed by atoms with Gasteiger partial charge in [0.1, 0.15) is 5.82 Å². The molecule has 19 heavy (non-hydrogen) atoms. The second kappa shape index (κ2) is 5.81. The summed E-state index contributed by atoms with van der Waals surface area (Å²) in [7, 11) is -3.52. The Bertz CT molecular complexity index is 541. The molecule has 0 N–H and O–H groups in total. The van der Waals surface area contributed by atoms with Gasteiger partial charge in [-0.25, -0.2) is 13.4 Å². The van der Waals surface area contributed by atoms with E-state index in [1.807, 2.05) is 18.4 Å². The molecule has 0 bridgehead atoms. The molecule has 1 aromatic rings. The van der Waals surface area contributed by atoms with Crippen molar-refractivity contribution in [2.45, 2.75) is 50.7 Å². The van der Waals surface area contributed by atoms with Crippen LogP contribution >= 0.6 is 11.6 Å². The molecule has 0 spiro atoms. The molecule has 0 amide bonds. The van der Waals surface area contributed by atoms with Crippen LogP contribution in [0.2, 0.25) is 0 Å². The van der Waals surface area contributed by atoms with Gasteiger partial charge in [0.15, 0.2) is 5.03 Å². The Balaban J connectivity index is 2.34. The minimum Gasteiger partial charge on any atom is -0.334 e. The molecular weight excluding hydrogens is 286 g/mol. The van der Waals surface area contributed by atoms with E-state index in [9.17, 15) is 8.42 Å². The van der Waals surface area contributed by atoms with Crippen molar-refractivity contribution >= 4 is 21.6 Å². The van der Waals surface area contributed by atoms with E-state index in [1.54, 1.807) is 6.20 Å². The Morgan fingerprint density at radius 3 is 2.79 bits per heavy atom. The summed E-state index contributed by atoms with van der Waals surface area (Å²) in [5, 5.41) is 0.142. The van der Waals surface area contributed by atoms with Gasteiger partial charge >= 0.3 is 0 Å². The summed E-state index contributed by atoms with van der Waals surface area (Å²) in [5.74, 6) is 1.06. The topological polar surface area (TPSA) is 55.2 Å². The molecule has 0 saturated carbocycles. The number of nitrogens with zero attached hydrogens (tertiary/aromatic N) is 3. The summed E-state index contributed by atoms with van der Waals surface area (Å²) in [6.07, 6.45) is 4.37. The molecule has 1 atom stereocenters. The van der Waals surface area contributed by atoms with Crippen molar-refractivity contribution < 1.29 is 8.42 Å². The molecule has 5 nitrogen and oxygen atoms in total. The number of piperidine rings is 1. The molecule has 1 unspecified atom stereocenters. The van der Waals surface area contributed by atoms with Gasteiger partial charge in [-0.2, -0.15) is 4.31 Å². The Labute approximate surface area is 119 Å². The number of aromatic nitrogens is 2. The van der Waals surface area contributed by atoms with Gasteiger partial charge in [-0.1, -0.05) is 6.42 Å². The maximum Gasteiger partial charge on any atom is 0.262 e. The SMILES string of the molecule is CCn1cc(S(=O)(=O)N2CCCCC2CCl)nc1C. The van der Waals surface area contributed by atoms with Gasteiger partial charge in [-0.3, -0.25) is 0 Å². The molecule has 7 heteroatoms. The number of rotatable bonds is 4. The molecule has 1 aromatic heterocycles. The van der Waals surface area contributed by atoms with Crippen LogP contribution in [0.25, 0.3) is 0 Å². The molecule has 1 saturated heterocycles. The van der Waals surface area contributed by atoms with Gasteiger partial charge < -0.3 is 4.57 Å². The molecular formula is C12H20ClN3O2S. The molecule has 2 rings (SSSR count). The van der Waals surface area contributed by atoms with Gasteiger partial charge in [0, 0.05) is 31.2 Å². The predicted octanol–water partition coefficient (Wildman–Crippen LogP) is 1.99. The number of aryl methyl sites for hydroxylation is 2. The summed E-state index contributed by atoms with van der Waals surface area (Å²) < 4.78 is 28.6. The zero-order valence-corrected chi connectivity index (χ0v) is 12.9. The third-order valence-electron chi connectivity index (χ3n) is 3.62. The number of hydrogen-bond acceptors (Lipinski definition) is 3. The molecule has 0 aliphatic carbocycles. The van der Waals surface area contributed by atoms with Crippen molar-refractivity contribution in [2.24, 2.45) is 0 Å². The lowest BCUT2D eigenvalue weighted by Gasteiger charge is -2.32. The first-order valence-corrected chi connectivity index (χ1v) is 8.59. The summed E-state index contributed by atoms with van der Waals surface area (Å²) in [4.78, 5) is 4.19. The van der Waals surface area contributed by atoms with E-state index in [2.05, 4.69) is 4.98 Å². The van der Waals surface area contributed by atoms with Crippen LogP contribution in [-0.2, 0) is 16.6 Å². The molecule has 1 aliphatic heterocycles. The molecule has 2 heterocycles. The Morgan fingerprint density at radius 2 is 2.21 bits per heavy atom. The van der Waals surface area contributed by atoms with Crippen molar-refractivity contribution in [3.63, 3.8) is 0 Å². The van der Waals surface area contributed by atoms with Crippen LogP contribution in [0.5, 0.6) is 0 Å². The van der Waals surface area contributed by atoms with Crippen molar-refractivity contribution in [1.82, 2.24) is 13.9 Å². The first-order chi connectivity index (χ1) is 9.00. The molecule has 1 fully saturated rings. The highest BCUT2D eigenvalue weighted by molar-refractivity contribution is 7.89. The lowest BCUT2D eigenvalue weighted by atomic mass is 10.1. The number of alkyl halides is 1. The molecule has 1 aliphatic rings. The summed E-state index contributed by atoms with van der Waals surface area (Å²) in [5.41, 5.74) is 0. The lowest BCUT2D eigenvalue weighted by Crippen LogP contribution is -2.44. The van der Waals surface area contributed by atoms with Crippen molar-refractivity contribution in [3.8, 4) is 0 Å². The van der Waals surface area contributed by atoms with E-state index >= 15 is 0 Å². The van der Waals surface area contributed by atoms with Crippen LogP contribution in [0.1, 0.15) is 32.0 Å². The van der Waals surface area contributed by atoms with Crippen LogP contribution in [0.15, 0.2) is 11.2 Å². The highest BCUT2D eigenvalue weighted by atomic mass is 35.5. The van der Waals surface area contributed by atoms with E-state index in [1.165, 1.54) is 4.31 Å². The quantitative estimate of drug-likeness (QED) is 0.799. The van der Waals surface area contributed by atoms with E-state index in [0.717, 1.165) is 25.1 Å². The first-order valence-electron chi connectivity index (χ1n) is 6.62. The average molecular weight is 306 g/mol. The highest BCUT2D eigenvalue weighted by Crippen LogP contribution is 2.25. The number of hydrogen-bond donors (Lipinski definition) is 0. The fourth-order valence-corrected chi connectivity index (χ4v) is 4.58. The van der Waals surface area contributed by atoms with E-state index < -0.39 is 10.0 Å². The Kier molecular flexibility index (Phi) is 4.53. The number of imidazole rings is 1. The summed E-state index contributed by atoms with van der Waals surface area (Å²) in [6, 6.07) is -0.104. The van der Waals surface area contributed by atoms with Crippen LogP contribution in [0.3, 0.4) is 0 Å². The van der Waals surface area contributed by atoms with Crippen LogP contribution in [0, 0.1) is 6.92 Å². The van der Waals surface area contributed by atoms with Gasteiger partial charge in [-0.05, 0) is 26.7 Å². The molecule has 0 radical (unpaired) electrons. The predicted molar refractivity (Wildman–Crippen MR) is 74.9 cm³/mol. The first kappa shape index (κ1) is 14.8. The lowest BCUT2D eigenvalue weighted by molar-refractivity contribution is 0.270. The molecule has 108 valence electrons. The highest BCUT2D eigenvalue weighted by Gasteiger charge is 2.34. The maximum atomic E-state index is 12.6. The fourth-order valence-electron chi connectivity index (χ4n) is 2.49. The van der Waals surface area contributed by atoms with E-state index in [4.69, 9.17) is 11.6 Å². The van der Waals surface area contributed by atoms with Crippen molar-refractivity contribution in [3.05, 3.63) is 12.0 Å². The minimum atomic E-state index is -3.52.